The number of ether oxygens (including phenoxy) is 1. The summed E-state index contributed by atoms with van der Waals surface area (Å²) < 4.78 is 6.00. The van der Waals surface area contributed by atoms with Crippen molar-refractivity contribution in [3.63, 3.8) is 0 Å². The average molecular weight is 275 g/mol. The molecule has 3 nitrogen and oxygen atoms in total. The Balaban J connectivity index is 2.07. The summed E-state index contributed by atoms with van der Waals surface area (Å²) in [4.78, 5) is 14.5. The highest BCUT2D eigenvalue weighted by molar-refractivity contribution is 5.81. The van der Waals surface area contributed by atoms with Gasteiger partial charge in [-0.2, -0.15) is 0 Å². The molecule has 1 fully saturated rings. The fraction of sp³-hybridized carbons (Fsp3) is 0.588. The number of rotatable bonds is 4. The second-order valence-electron chi connectivity index (χ2n) is 5.67. The number of hydrogen-bond donors (Lipinski definition) is 0. The van der Waals surface area contributed by atoms with Crippen LogP contribution in [0.5, 0.6) is 5.75 Å². The molecule has 0 unspecified atom stereocenters. The van der Waals surface area contributed by atoms with Gasteiger partial charge in [-0.3, -0.25) is 4.79 Å². The van der Waals surface area contributed by atoms with Gasteiger partial charge >= 0.3 is 0 Å². The van der Waals surface area contributed by atoms with Crippen molar-refractivity contribution in [2.75, 3.05) is 13.1 Å². The van der Waals surface area contributed by atoms with Gasteiger partial charge in [-0.15, -0.1) is 0 Å². The summed E-state index contributed by atoms with van der Waals surface area (Å²) in [5.74, 6) is 0.982. The maximum absolute atomic E-state index is 12.5. The average Bonchev–Trinajstić information content (AvgIpc) is 2.48. The van der Waals surface area contributed by atoms with Crippen LogP contribution >= 0.6 is 0 Å². The van der Waals surface area contributed by atoms with Crippen molar-refractivity contribution in [2.45, 2.75) is 52.6 Å². The molecule has 110 valence electrons. The van der Waals surface area contributed by atoms with Crippen LogP contribution in [0, 0.1) is 13.8 Å². The van der Waals surface area contributed by atoms with Gasteiger partial charge in [0, 0.05) is 13.1 Å². The van der Waals surface area contributed by atoms with Crippen LogP contribution in [-0.4, -0.2) is 30.0 Å². The highest BCUT2D eigenvalue weighted by atomic mass is 16.5. The summed E-state index contributed by atoms with van der Waals surface area (Å²) in [5.41, 5.74) is 2.24. The van der Waals surface area contributed by atoms with Crippen LogP contribution in [0.2, 0.25) is 0 Å². The zero-order valence-corrected chi connectivity index (χ0v) is 12.8. The molecule has 2 rings (SSSR count). The highest BCUT2D eigenvalue weighted by Crippen LogP contribution is 2.22. The van der Waals surface area contributed by atoms with Gasteiger partial charge in [0.25, 0.3) is 5.91 Å². The van der Waals surface area contributed by atoms with Gasteiger partial charge in [0.05, 0.1) is 0 Å². The van der Waals surface area contributed by atoms with Crippen molar-refractivity contribution in [2.24, 2.45) is 0 Å². The largest absolute Gasteiger partial charge is 0.480 e. The molecule has 0 bridgehead atoms. The van der Waals surface area contributed by atoms with E-state index in [1.165, 1.54) is 6.42 Å². The lowest BCUT2D eigenvalue weighted by molar-refractivity contribution is -0.139. The number of benzene rings is 1. The van der Waals surface area contributed by atoms with Gasteiger partial charge in [-0.1, -0.05) is 19.1 Å². The highest BCUT2D eigenvalue weighted by Gasteiger charge is 2.26. The molecule has 3 heteroatoms. The summed E-state index contributed by atoms with van der Waals surface area (Å²) in [6.07, 6.45) is 3.83. The van der Waals surface area contributed by atoms with Crippen molar-refractivity contribution >= 4 is 5.91 Å². The second kappa shape index (κ2) is 6.78. The van der Waals surface area contributed by atoms with Crippen LogP contribution in [0.1, 0.15) is 43.7 Å². The summed E-state index contributed by atoms with van der Waals surface area (Å²) in [5, 5.41) is 0. The standard InChI is InChI=1S/C17H25NO2/c1-4-15(17(19)18-10-6-5-7-11-18)20-16-12-13(2)8-9-14(16)3/h8-9,12,15H,4-7,10-11H2,1-3H3/t15-/m0/s1. The zero-order valence-electron chi connectivity index (χ0n) is 12.8. The molecule has 1 saturated heterocycles. The molecule has 0 aliphatic carbocycles. The molecule has 0 saturated carbocycles. The fourth-order valence-corrected chi connectivity index (χ4v) is 2.61. The first-order chi connectivity index (χ1) is 9.61. The summed E-state index contributed by atoms with van der Waals surface area (Å²) in [7, 11) is 0. The maximum Gasteiger partial charge on any atom is 0.263 e. The summed E-state index contributed by atoms with van der Waals surface area (Å²) in [6.45, 7) is 7.83. The van der Waals surface area contributed by atoms with E-state index < -0.39 is 0 Å². The van der Waals surface area contributed by atoms with E-state index in [4.69, 9.17) is 4.74 Å². The second-order valence-corrected chi connectivity index (χ2v) is 5.67. The molecule has 1 aliphatic heterocycles. The number of piperidine rings is 1. The minimum absolute atomic E-state index is 0.146. The van der Waals surface area contributed by atoms with Crippen molar-refractivity contribution in [1.29, 1.82) is 0 Å². The SMILES string of the molecule is CC[C@H](Oc1cc(C)ccc1C)C(=O)N1CCCCC1. The van der Waals surface area contributed by atoms with Crippen LogP contribution in [0.25, 0.3) is 0 Å². The minimum Gasteiger partial charge on any atom is -0.480 e. The van der Waals surface area contributed by atoms with Gasteiger partial charge in [-0.05, 0) is 56.7 Å². The van der Waals surface area contributed by atoms with Crippen LogP contribution < -0.4 is 4.74 Å². The number of carbonyl (C=O) groups excluding carboxylic acids is 1. The number of likely N-dealkylation sites (tertiary alicyclic amines) is 1. The quantitative estimate of drug-likeness (QED) is 0.842. The number of hydrogen-bond acceptors (Lipinski definition) is 2. The third-order valence-electron chi connectivity index (χ3n) is 3.93. The van der Waals surface area contributed by atoms with Crippen LogP contribution in [0.4, 0.5) is 0 Å². The minimum atomic E-state index is -0.353. The monoisotopic (exact) mass is 275 g/mol. The first-order valence-electron chi connectivity index (χ1n) is 7.64. The third kappa shape index (κ3) is 3.53. The van der Waals surface area contributed by atoms with Gasteiger partial charge < -0.3 is 9.64 Å². The number of carbonyl (C=O) groups is 1. The Kier molecular flexibility index (Phi) is 5.05. The predicted molar refractivity (Wildman–Crippen MR) is 81.1 cm³/mol. The summed E-state index contributed by atoms with van der Waals surface area (Å²) in [6, 6.07) is 6.12. The third-order valence-corrected chi connectivity index (χ3v) is 3.93. The van der Waals surface area contributed by atoms with Gasteiger partial charge in [0.2, 0.25) is 0 Å². The van der Waals surface area contributed by atoms with E-state index in [-0.39, 0.29) is 12.0 Å². The van der Waals surface area contributed by atoms with E-state index in [1.807, 2.05) is 37.8 Å². The molecule has 20 heavy (non-hydrogen) atoms. The number of aryl methyl sites for hydroxylation is 2. The first kappa shape index (κ1) is 14.9. The molecule has 1 amide bonds. The molecule has 1 aromatic rings. The molecule has 1 heterocycles. The number of nitrogens with zero attached hydrogens (tertiary/aromatic N) is 1. The lowest BCUT2D eigenvalue weighted by atomic mass is 10.1. The fourth-order valence-electron chi connectivity index (χ4n) is 2.61. The Morgan fingerprint density at radius 1 is 1.25 bits per heavy atom. The van der Waals surface area contributed by atoms with Crippen LogP contribution in [0.3, 0.4) is 0 Å². The maximum atomic E-state index is 12.5. The van der Waals surface area contributed by atoms with Gasteiger partial charge in [0.15, 0.2) is 6.10 Å². The molecular weight excluding hydrogens is 250 g/mol. The van der Waals surface area contributed by atoms with Crippen LogP contribution in [-0.2, 0) is 4.79 Å². The smallest absolute Gasteiger partial charge is 0.263 e. The Morgan fingerprint density at radius 2 is 1.95 bits per heavy atom. The van der Waals surface area contributed by atoms with E-state index in [9.17, 15) is 4.79 Å². The van der Waals surface area contributed by atoms with Gasteiger partial charge in [-0.25, -0.2) is 0 Å². The van der Waals surface area contributed by atoms with Crippen LogP contribution in [0.15, 0.2) is 18.2 Å². The molecule has 0 spiro atoms. The summed E-state index contributed by atoms with van der Waals surface area (Å²) >= 11 is 0. The molecule has 0 N–H and O–H groups in total. The lowest BCUT2D eigenvalue weighted by Gasteiger charge is -2.30. The Bertz CT molecular complexity index is 464. The van der Waals surface area contributed by atoms with Crippen molar-refractivity contribution in [3.05, 3.63) is 29.3 Å². The van der Waals surface area contributed by atoms with Gasteiger partial charge in [0.1, 0.15) is 5.75 Å². The lowest BCUT2D eigenvalue weighted by Crippen LogP contribution is -2.44. The molecule has 0 radical (unpaired) electrons. The number of amides is 1. The van der Waals surface area contributed by atoms with E-state index >= 15 is 0 Å². The van der Waals surface area contributed by atoms with E-state index in [2.05, 4.69) is 6.07 Å². The van der Waals surface area contributed by atoms with Crippen molar-refractivity contribution in [3.8, 4) is 5.75 Å². The Labute approximate surface area is 121 Å². The van der Waals surface area contributed by atoms with E-state index in [0.717, 1.165) is 42.8 Å². The van der Waals surface area contributed by atoms with E-state index in [0.29, 0.717) is 6.42 Å². The van der Waals surface area contributed by atoms with Crippen molar-refractivity contribution in [1.82, 2.24) is 4.90 Å². The molecular formula is C17H25NO2. The van der Waals surface area contributed by atoms with Crippen molar-refractivity contribution < 1.29 is 9.53 Å². The normalized spacial score (nSPS) is 16.9. The molecule has 1 aliphatic rings. The van der Waals surface area contributed by atoms with E-state index in [1.54, 1.807) is 0 Å². The topological polar surface area (TPSA) is 29.5 Å². The Morgan fingerprint density at radius 3 is 2.60 bits per heavy atom. The molecule has 1 aromatic carbocycles. The first-order valence-corrected chi connectivity index (χ1v) is 7.64. The molecule has 0 aromatic heterocycles. The zero-order chi connectivity index (χ0) is 14.5. The molecule has 1 atom stereocenters. The predicted octanol–water partition coefficient (Wildman–Crippen LogP) is 3.47. The Hall–Kier alpha value is -1.51.